The number of hydrogen-bond donors (Lipinski definition) is 3. The summed E-state index contributed by atoms with van der Waals surface area (Å²) >= 11 is 0. The van der Waals surface area contributed by atoms with Gasteiger partial charge in [0.1, 0.15) is 5.52 Å². The quantitative estimate of drug-likeness (QED) is 0.624. The topological polar surface area (TPSA) is 115 Å². The number of halogens is 1. The number of nitrogens with zero attached hydrogens (tertiary/aromatic N) is 1. The van der Waals surface area contributed by atoms with Crippen molar-refractivity contribution in [2.75, 3.05) is 17.7 Å². The summed E-state index contributed by atoms with van der Waals surface area (Å²) in [5, 5.41) is 6.78. The van der Waals surface area contributed by atoms with Gasteiger partial charge in [-0.3, -0.25) is 5.10 Å². The zero-order valence-electron chi connectivity index (χ0n) is 11.6. The number of anilines is 2. The van der Waals surface area contributed by atoms with Crippen LogP contribution in [0.1, 0.15) is 0 Å². The Morgan fingerprint density at radius 2 is 1.82 bits per heavy atom. The molecule has 8 heteroatoms. The minimum Gasteiger partial charge on any atom is -0.398 e. The molecule has 3 aromatic rings. The van der Waals surface area contributed by atoms with Crippen molar-refractivity contribution in [2.24, 2.45) is 0 Å². The highest BCUT2D eigenvalue weighted by Crippen LogP contribution is 2.34. The first-order valence-electron chi connectivity index (χ1n) is 6.31. The molecular formula is C14H13FN4O2S. The lowest BCUT2D eigenvalue weighted by atomic mass is 10.0. The van der Waals surface area contributed by atoms with Gasteiger partial charge in [-0.2, -0.15) is 5.10 Å². The van der Waals surface area contributed by atoms with E-state index in [9.17, 15) is 12.8 Å². The summed E-state index contributed by atoms with van der Waals surface area (Å²) < 4.78 is 37.6. The minimum absolute atomic E-state index is 0.0843. The van der Waals surface area contributed by atoms with Gasteiger partial charge in [0.2, 0.25) is 0 Å². The van der Waals surface area contributed by atoms with E-state index in [2.05, 4.69) is 10.2 Å². The number of aromatic amines is 1. The largest absolute Gasteiger partial charge is 0.398 e. The molecule has 1 heterocycles. The molecule has 0 aliphatic rings. The molecule has 6 nitrogen and oxygen atoms in total. The van der Waals surface area contributed by atoms with Gasteiger partial charge in [-0.05, 0) is 18.2 Å². The van der Waals surface area contributed by atoms with Crippen molar-refractivity contribution >= 4 is 32.2 Å². The van der Waals surface area contributed by atoms with E-state index in [-0.39, 0.29) is 27.5 Å². The van der Waals surface area contributed by atoms with Crippen LogP contribution < -0.4 is 11.5 Å². The molecule has 2 aromatic carbocycles. The average molecular weight is 320 g/mol. The summed E-state index contributed by atoms with van der Waals surface area (Å²) in [4.78, 5) is 0.0843. The first-order valence-corrected chi connectivity index (χ1v) is 8.20. The van der Waals surface area contributed by atoms with Crippen LogP contribution in [0.2, 0.25) is 0 Å². The highest BCUT2D eigenvalue weighted by atomic mass is 32.2. The third kappa shape index (κ3) is 2.17. The van der Waals surface area contributed by atoms with Gasteiger partial charge < -0.3 is 11.5 Å². The van der Waals surface area contributed by atoms with Gasteiger partial charge in [-0.25, -0.2) is 12.8 Å². The number of nitrogen functional groups attached to an aromatic ring is 2. The van der Waals surface area contributed by atoms with Crippen molar-refractivity contribution in [3.8, 4) is 11.1 Å². The van der Waals surface area contributed by atoms with Crippen LogP contribution in [-0.4, -0.2) is 24.9 Å². The number of nitrogens with two attached hydrogens (primary N) is 2. The number of nitrogens with one attached hydrogen (secondary N) is 1. The normalized spacial score (nSPS) is 11.9. The van der Waals surface area contributed by atoms with Gasteiger partial charge in [-0.15, -0.1) is 0 Å². The van der Waals surface area contributed by atoms with E-state index in [0.717, 1.165) is 6.26 Å². The molecule has 0 spiro atoms. The summed E-state index contributed by atoms with van der Waals surface area (Å²) in [6.07, 6.45) is 1.08. The molecule has 0 saturated heterocycles. The van der Waals surface area contributed by atoms with Crippen LogP contribution in [0.25, 0.3) is 22.0 Å². The second-order valence-electron chi connectivity index (χ2n) is 4.98. The van der Waals surface area contributed by atoms with Crippen molar-refractivity contribution in [1.82, 2.24) is 10.2 Å². The maximum absolute atomic E-state index is 14.6. The number of aromatic nitrogens is 2. The Labute approximate surface area is 125 Å². The van der Waals surface area contributed by atoms with Crippen molar-refractivity contribution in [3.63, 3.8) is 0 Å². The van der Waals surface area contributed by atoms with Crippen LogP contribution >= 0.6 is 0 Å². The highest BCUT2D eigenvalue weighted by molar-refractivity contribution is 7.90. The molecule has 0 amide bonds. The van der Waals surface area contributed by atoms with Gasteiger partial charge >= 0.3 is 0 Å². The third-order valence-corrected chi connectivity index (χ3v) is 4.56. The van der Waals surface area contributed by atoms with Crippen molar-refractivity contribution in [2.45, 2.75) is 4.90 Å². The molecule has 0 saturated carbocycles. The van der Waals surface area contributed by atoms with Crippen LogP contribution in [0.4, 0.5) is 15.9 Å². The van der Waals surface area contributed by atoms with E-state index in [4.69, 9.17) is 11.5 Å². The monoisotopic (exact) mass is 320 g/mol. The molecule has 3 rings (SSSR count). The van der Waals surface area contributed by atoms with E-state index in [1.807, 2.05) is 0 Å². The van der Waals surface area contributed by atoms with Crippen LogP contribution in [-0.2, 0) is 9.84 Å². The van der Waals surface area contributed by atoms with Crippen LogP contribution in [0, 0.1) is 5.82 Å². The minimum atomic E-state index is -3.37. The van der Waals surface area contributed by atoms with Gasteiger partial charge in [0, 0.05) is 28.5 Å². The summed E-state index contributed by atoms with van der Waals surface area (Å²) in [5.74, 6) is -0.332. The van der Waals surface area contributed by atoms with E-state index < -0.39 is 15.7 Å². The molecule has 0 fully saturated rings. The third-order valence-electron chi connectivity index (χ3n) is 3.45. The van der Waals surface area contributed by atoms with E-state index in [1.165, 1.54) is 24.3 Å². The number of rotatable bonds is 2. The molecule has 5 N–H and O–H groups in total. The first kappa shape index (κ1) is 14.3. The summed E-state index contributed by atoms with van der Waals surface area (Å²) in [7, 11) is -3.37. The van der Waals surface area contributed by atoms with Crippen molar-refractivity contribution in [1.29, 1.82) is 0 Å². The molecule has 1 aromatic heterocycles. The van der Waals surface area contributed by atoms with Crippen LogP contribution in [0.3, 0.4) is 0 Å². The Morgan fingerprint density at radius 3 is 2.45 bits per heavy atom. The summed E-state index contributed by atoms with van der Waals surface area (Å²) in [5.41, 5.74) is 12.5. The fraction of sp³-hybridized carbons (Fsp3) is 0.0714. The van der Waals surface area contributed by atoms with E-state index >= 15 is 0 Å². The number of sulfone groups is 1. The SMILES string of the molecule is CS(=O)(=O)c1ccc(-c2ccc3c(N)n[nH]c3c2F)c(N)c1. The first-order chi connectivity index (χ1) is 10.3. The van der Waals surface area contributed by atoms with Gasteiger partial charge in [0.25, 0.3) is 0 Å². The lowest BCUT2D eigenvalue weighted by molar-refractivity contribution is 0.602. The molecule has 114 valence electrons. The molecule has 0 aliphatic carbocycles. The van der Waals surface area contributed by atoms with Crippen molar-refractivity contribution < 1.29 is 12.8 Å². The average Bonchev–Trinajstić information content (AvgIpc) is 2.81. The fourth-order valence-electron chi connectivity index (χ4n) is 2.30. The Balaban J connectivity index is 2.22. The standard InChI is InChI=1S/C14H13FN4O2S/c1-22(20,21)7-2-3-8(11(16)6-7)9-4-5-10-13(12(9)15)18-19-14(10)17/h2-6H,16H2,1H3,(H3,17,18,19). The number of hydrogen-bond acceptors (Lipinski definition) is 5. The number of fused-ring (bicyclic) bond motifs is 1. The molecule has 0 unspecified atom stereocenters. The molecule has 0 bridgehead atoms. The predicted octanol–water partition coefficient (Wildman–Crippen LogP) is 1.94. The van der Waals surface area contributed by atoms with E-state index in [0.29, 0.717) is 10.9 Å². The molecule has 0 aliphatic heterocycles. The highest BCUT2D eigenvalue weighted by Gasteiger charge is 2.16. The Morgan fingerprint density at radius 1 is 1.14 bits per heavy atom. The molecular weight excluding hydrogens is 307 g/mol. The Bertz CT molecular complexity index is 995. The zero-order chi connectivity index (χ0) is 16.1. The number of H-pyrrole nitrogens is 1. The Kier molecular flexibility index (Phi) is 3.06. The summed E-state index contributed by atoms with van der Waals surface area (Å²) in [6.45, 7) is 0. The van der Waals surface area contributed by atoms with Crippen molar-refractivity contribution in [3.05, 3.63) is 36.1 Å². The van der Waals surface area contributed by atoms with Gasteiger partial charge in [0.05, 0.1) is 4.90 Å². The maximum atomic E-state index is 14.6. The Hall–Kier alpha value is -2.61. The second kappa shape index (κ2) is 4.70. The lowest BCUT2D eigenvalue weighted by Crippen LogP contribution is -2.00. The smallest absolute Gasteiger partial charge is 0.175 e. The number of benzene rings is 2. The summed E-state index contributed by atoms with van der Waals surface area (Å²) in [6, 6.07) is 7.36. The second-order valence-corrected chi connectivity index (χ2v) is 7.00. The predicted molar refractivity (Wildman–Crippen MR) is 83.4 cm³/mol. The van der Waals surface area contributed by atoms with E-state index in [1.54, 1.807) is 6.07 Å². The molecule has 0 atom stereocenters. The van der Waals surface area contributed by atoms with Crippen LogP contribution in [0.15, 0.2) is 35.2 Å². The maximum Gasteiger partial charge on any atom is 0.175 e. The van der Waals surface area contributed by atoms with Crippen LogP contribution in [0.5, 0.6) is 0 Å². The van der Waals surface area contributed by atoms with Gasteiger partial charge in [0.15, 0.2) is 21.5 Å². The fourth-order valence-corrected chi connectivity index (χ4v) is 2.96. The molecule has 0 radical (unpaired) electrons. The zero-order valence-corrected chi connectivity index (χ0v) is 12.4. The van der Waals surface area contributed by atoms with Gasteiger partial charge in [-0.1, -0.05) is 12.1 Å². The lowest BCUT2D eigenvalue weighted by Gasteiger charge is -2.09. The molecule has 22 heavy (non-hydrogen) atoms.